The first-order valence-electron chi connectivity index (χ1n) is 14.6. The van der Waals surface area contributed by atoms with Gasteiger partial charge in [0.2, 0.25) is 15.7 Å². The van der Waals surface area contributed by atoms with E-state index in [9.17, 15) is 8.42 Å². The van der Waals surface area contributed by atoms with Gasteiger partial charge in [-0.05, 0) is 61.8 Å². The molecule has 1 unspecified atom stereocenters. The third-order valence-corrected chi connectivity index (χ3v) is 9.93. The summed E-state index contributed by atoms with van der Waals surface area (Å²) in [5, 5.41) is 0. The summed E-state index contributed by atoms with van der Waals surface area (Å²) in [5.41, 5.74) is 2.95. The van der Waals surface area contributed by atoms with E-state index in [4.69, 9.17) is 19.2 Å². The van der Waals surface area contributed by atoms with Crippen molar-refractivity contribution in [3.8, 4) is 5.88 Å². The molecule has 1 aromatic heterocycles. The fourth-order valence-corrected chi connectivity index (χ4v) is 7.28. The van der Waals surface area contributed by atoms with Crippen LogP contribution >= 0.6 is 0 Å². The minimum atomic E-state index is -3.76. The van der Waals surface area contributed by atoms with E-state index in [0.29, 0.717) is 24.3 Å². The van der Waals surface area contributed by atoms with Gasteiger partial charge in [0, 0.05) is 62.2 Å². The standard InChI is InChI=1S/C31H43N3O5S/c1-31(2,3)30-25(19-23-8-15-37-16-9-23)20-24-5-6-26(21-28(24)33-30)40(35,36)27-7-10-32-29(22-27)39-14-4-11-34-12-17-38-18-13-34/h5-7,10,21-23,25H,4,8-9,11-20H2,1-3H3. The highest BCUT2D eigenvalue weighted by Crippen LogP contribution is 2.40. The van der Waals surface area contributed by atoms with Crippen molar-refractivity contribution in [1.82, 2.24) is 9.88 Å². The third-order valence-electron chi connectivity index (χ3n) is 8.18. The lowest BCUT2D eigenvalue weighted by Gasteiger charge is -2.35. The molecule has 3 aliphatic heterocycles. The lowest BCUT2D eigenvalue weighted by Crippen LogP contribution is -2.37. The molecule has 9 heteroatoms. The average molecular weight is 570 g/mol. The van der Waals surface area contributed by atoms with E-state index in [1.807, 2.05) is 6.07 Å². The smallest absolute Gasteiger partial charge is 0.214 e. The van der Waals surface area contributed by atoms with E-state index in [-0.39, 0.29) is 15.2 Å². The Kier molecular flexibility index (Phi) is 9.24. The Labute approximate surface area is 239 Å². The van der Waals surface area contributed by atoms with Crippen LogP contribution in [-0.4, -0.2) is 76.7 Å². The molecule has 4 heterocycles. The molecule has 5 rings (SSSR count). The Balaban J connectivity index is 1.30. The highest BCUT2D eigenvalue weighted by molar-refractivity contribution is 7.91. The topological polar surface area (TPSA) is 90.3 Å². The van der Waals surface area contributed by atoms with Crippen molar-refractivity contribution in [3.63, 3.8) is 0 Å². The van der Waals surface area contributed by atoms with Crippen LogP contribution in [-0.2, 0) is 25.7 Å². The molecule has 0 N–H and O–H groups in total. The van der Waals surface area contributed by atoms with Crippen LogP contribution in [0.2, 0.25) is 0 Å². The predicted molar refractivity (Wildman–Crippen MR) is 155 cm³/mol. The lowest BCUT2D eigenvalue weighted by molar-refractivity contribution is 0.0357. The molecular weight excluding hydrogens is 526 g/mol. The maximum absolute atomic E-state index is 13.7. The minimum Gasteiger partial charge on any atom is -0.478 e. The van der Waals surface area contributed by atoms with Crippen LogP contribution < -0.4 is 4.74 Å². The number of benzene rings is 1. The lowest BCUT2D eigenvalue weighted by atomic mass is 9.73. The quantitative estimate of drug-likeness (QED) is 0.387. The molecule has 218 valence electrons. The maximum Gasteiger partial charge on any atom is 0.214 e. The molecule has 2 fully saturated rings. The van der Waals surface area contributed by atoms with Crippen molar-refractivity contribution < 1.29 is 22.6 Å². The van der Waals surface area contributed by atoms with Crippen molar-refractivity contribution in [2.75, 3.05) is 52.7 Å². The number of fused-ring (bicyclic) bond motifs is 1. The Morgan fingerprint density at radius 3 is 2.48 bits per heavy atom. The van der Waals surface area contributed by atoms with Crippen molar-refractivity contribution in [1.29, 1.82) is 0 Å². The Bertz CT molecular complexity index is 1290. The average Bonchev–Trinajstić information content (AvgIpc) is 2.95. The van der Waals surface area contributed by atoms with Crippen molar-refractivity contribution in [3.05, 3.63) is 42.1 Å². The van der Waals surface area contributed by atoms with Crippen molar-refractivity contribution in [2.45, 2.75) is 62.7 Å². The van der Waals surface area contributed by atoms with Crippen LogP contribution in [0.15, 0.2) is 51.3 Å². The second-order valence-electron chi connectivity index (χ2n) is 12.2. The van der Waals surface area contributed by atoms with Gasteiger partial charge in [0.25, 0.3) is 0 Å². The van der Waals surface area contributed by atoms with E-state index in [1.165, 1.54) is 18.3 Å². The summed E-state index contributed by atoms with van der Waals surface area (Å²) in [6, 6.07) is 8.47. The van der Waals surface area contributed by atoms with Crippen LogP contribution in [0.25, 0.3) is 0 Å². The van der Waals surface area contributed by atoms with E-state index >= 15 is 0 Å². The van der Waals surface area contributed by atoms with Gasteiger partial charge in [-0.1, -0.05) is 26.8 Å². The first-order chi connectivity index (χ1) is 19.2. The van der Waals surface area contributed by atoms with Crippen LogP contribution in [0.4, 0.5) is 5.69 Å². The van der Waals surface area contributed by atoms with E-state index in [0.717, 1.165) is 95.1 Å². The Hall–Kier alpha value is -2.33. The van der Waals surface area contributed by atoms with Gasteiger partial charge in [0.1, 0.15) is 0 Å². The van der Waals surface area contributed by atoms with E-state index < -0.39 is 9.84 Å². The molecule has 1 atom stereocenters. The molecule has 0 saturated carbocycles. The van der Waals surface area contributed by atoms with Gasteiger partial charge in [0.05, 0.1) is 35.3 Å². The zero-order valence-corrected chi connectivity index (χ0v) is 24.9. The van der Waals surface area contributed by atoms with Gasteiger partial charge in [-0.2, -0.15) is 0 Å². The number of nitrogens with zero attached hydrogens (tertiary/aromatic N) is 3. The summed E-state index contributed by atoms with van der Waals surface area (Å²) in [7, 11) is -3.76. The van der Waals surface area contributed by atoms with Crippen molar-refractivity contribution in [2.24, 2.45) is 22.2 Å². The first-order valence-corrected chi connectivity index (χ1v) is 16.1. The summed E-state index contributed by atoms with van der Waals surface area (Å²) < 4.78 is 44.1. The molecular formula is C31H43N3O5S. The summed E-state index contributed by atoms with van der Waals surface area (Å²) in [6.07, 6.45) is 6.53. The first kappa shape index (κ1) is 29.2. The predicted octanol–water partition coefficient (Wildman–Crippen LogP) is 5.12. The number of hydrogen-bond donors (Lipinski definition) is 0. The molecule has 0 amide bonds. The molecule has 1 aromatic carbocycles. The van der Waals surface area contributed by atoms with Crippen molar-refractivity contribution >= 4 is 21.2 Å². The highest BCUT2D eigenvalue weighted by atomic mass is 32.2. The molecule has 2 saturated heterocycles. The molecule has 0 spiro atoms. The van der Waals surface area contributed by atoms with Gasteiger partial charge in [-0.25, -0.2) is 13.4 Å². The minimum absolute atomic E-state index is 0.0957. The maximum atomic E-state index is 13.7. The number of hydrogen-bond acceptors (Lipinski definition) is 8. The van der Waals surface area contributed by atoms with Gasteiger partial charge in [-0.15, -0.1) is 0 Å². The normalized spacial score (nSPS) is 21.1. The summed E-state index contributed by atoms with van der Waals surface area (Å²) in [6.45, 7) is 13.1. The molecule has 2 aromatic rings. The van der Waals surface area contributed by atoms with Crippen LogP contribution in [0.5, 0.6) is 5.88 Å². The summed E-state index contributed by atoms with van der Waals surface area (Å²) in [4.78, 5) is 12.1. The highest BCUT2D eigenvalue weighted by Gasteiger charge is 2.34. The third kappa shape index (κ3) is 7.11. The second kappa shape index (κ2) is 12.7. The molecule has 40 heavy (non-hydrogen) atoms. The zero-order valence-electron chi connectivity index (χ0n) is 24.1. The number of pyridine rings is 1. The summed E-state index contributed by atoms with van der Waals surface area (Å²) >= 11 is 0. The zero-order chi connectivity index (χ0) is 28.2. The number of aromatic nitrogens is 1. The molecule has 0 radical (unpaired) electrons. The number of sulfone groups is 1. The number of aliphatic imine (C=N–C) groups is 1. The Morgan fingerprint density at radius 1 is 1.00 bits per heavy atom. The van der Waals surface area contributed by atoms with E-state index in [2.05, 4.69) is 30.7 Å². The van der Waals surface area contributed by atoms with Gasteiger partial charge in [0.15, 0.2) is 0 Å². The van der Waals surface area contributed by atoms with Gasteiger partial charge >= 0.3 is 0 Å². The van der Waals surface area contributed by atoms with Crippen LogP contribution in [0.1, 0.15) is 52.0 Å². The molecule has 0 aliphatic carbocycles. The monoisotopic (exact) mass is 569 g/mol. The molecule has 3 aliphatic rings. The van der Waals surface area contributed by atoms with E-state index in [1.54, 1.807) is 12.1 Å². The van der Waals surface area contributed by atoms with Gasteiger partial charge in [-0.3, -0.25) is 9.89 Å². The largest absolute Gasteiger partial charge is 0.478 e. The SMILES string of the molecule is CC(C)(C)C1=Nc2cc(S(=O)(=O)c3ccnc(OCCCN4CCOCC4)c3)ccc2CC1CC1CCOCC1. The number of ether oxygens (including phenoxy) is 3. The number of morpholine rings is 1. The van der Waals surface area contributed by atoms with Crippen LogP contribution in [0, 0.1) is 17.3 Å². The molecule has 0 bridgehead atoms. The summed E-state index contributed by atoms with van der Waals surface area (Å²) in [5.74, 6) is 1.33. The fraction of sp³-hybridized carbons (Fsp3) is 0.613. The Morgan fingerprint density at radius 2 is 1.73 bits per heavy atom. The molecule has 8 nitrogen and oxygen atoms in total. The number of rotatable bonds is 9. The van der Waals surface area contributed by atoms with Crippen LogP contribution in [0.3, 0.4) is 0 Å². The fourth-order valence-electron chi connectivity index (χ4n) is 5.99. The van der Waals surface area contributed by atoms with Gasteiger partial charge < -0.3 is 14.2 Å². The second-order valence-corrected chi connectivity index (χ2v) is 14.2.